The Balaban J connectivity index is 1.83. The van der Waals surface area contributed by atoms with Crippen LogP contribution in [-0.4, -0.2) is 23.8 Å². The van der Waals surface area contributed by atoms with Crippen molar-refractivity contribution in [1.29, 1.82) is 0 Å². The van der Waals surface area contributed by atoms with Crippen LogP contribution in [0.2, 0.25) is 4.34 Å². The normalized spacial score (nSPS) is 18.9. The first-order valence-corrected chi connectivity index (χ1v) is 6.81. The number of rotatable bonds is 3. The lowest BCUT2D eigenvalue weighted by Crippen LogP contribution is -2.35. The Hall–Kier alpha value is -0.380. The van der Waals surface area contributed by atoms with Crippen molar-refractivity contribution in [1.82, 2.24) is 4.90 Å². The van der Waals surface area contributed by atoms with Crippen molar-refractivity contribution in [3.8, 4) is 0 Å². The van der Waals surface area contributed by atoms with Crippen molar-refractivity contribution in [3.63, 3.8) is 0 Å². The molecule has 0 N–H and O–H groups in total. The summed E-state index contributed by atoms with van der Waals surface area (Å²) in [6.45, 7) is 4.74. The molecular weight excluding hydrogens is 242 g/mol. The van der Waals surface area contributed by atoms with Gasteiger partial charge in [-0.15, -0.1) is 11.3 Å². The molecule has 0 atom stereocenters. The molecule has 0 aromatic carbocycles. The van der Waals surface area contributed by atoms with Gasteiger partial charge in [-0.25, -0.2) is 0 Å². The van der Waals surface area contributed by atoms with Gasteiger partial charge in [0, 0.05) is 17.3 Å². The molecule has 0 bridgehead atoms. The average Bonchev–Trinajstić information content (AvgIpc) is 2.65. The third-order valence-corrected chi connectivity index (χ3v) is 4.39. The lowest BCUT2D eigenvalue weighted by atomic mass is 9.93. The number of ketones is 1. The molecule has 16 heavy (non-hydrogen) atoms. The topological polar surface area (TPSA) is 20.3 Å². The molecule has 0 spiro atoms. The highest BCUT2D eigenvalue weighted by Crippen LogP contribution is 2.25. The van der Waals surface area contributed by atoms with Crippen LogP contribution in [0.4, 0.5) is 0 Å². The molecule has 0 radical (unpaired) electrons. The standard InChI is InChI=1S/C12H16ClNOS/c1-9(15)10-4-6-14(7-5-10)8-11-2-3-12(13)16-11/h2-3,10H,4-8H2,1H3. The van der Waals surface area contributed by atoms with Crippen molar-refractivity contribution >= 4 is 28.7 Å². The predicted molar refractivity (Wildman–Crippen MR) is 68.0 cm³/mol. The summed E-state index contributed by atoms with van der Waals surface area (Å²) < 4.78 is 0.855. The van der Waals surface area contributed by atoms with E-state index in [1.54, 1.807) is 18.3 Å². The van der Waals surface area contributed by atoms with Gasteiger partial charge in [0.15, 0.2) is 0 Å². The summed E-state index contributed by atoms with van der Waals surface area (Å²) in [5, 5.41) is 0. The van der Waals surface area contributed by atoms with Crippen LogP contribution >= 0.6 is 22.9 Å². The minimum atomic E-state index is 0.295. The minimum absolute atomic E-state index is 0.295. The molecule has 1 saturated heterocycles. The number of hydrogen-bond donors (Lipinski definition) is 0. The molecule has 2 nitrogen and oxygen atoms in total. The Morgan fingerprint density at radius 3 is 2.69 bits per heavy atom. The molecule has 2 heterocycles. The van der Waals surface area contributed by atoms with Gasteiger partial charge in [0.05, 0.1) is 4.34 Å². The summed E-state index contributed by atoms with van der Waals surface area (Å²) >= 11 is 7.54. The first-order valence-electron chi connectivity index (χ1n) is 5.62. The highest BCUT2D eigenvalue weighted by Gasteiger charge is 2.22. The minimum Gasteiger partial charge on any atom is -0.300 e. The number of halogens is 1. The Kier molecular flexibility index (Phi) is 4.00. The largest absolute Gasteiger partial charge is 0.300 e. The number of likely N-dealkylation sites (tertiary alicyclic amines) is 1. The van der Waals surface area contributed by atoms with Crippen molar-refractivity contribution in [2.45, 2.75) is 26.3 Å². The van der Waals surface area contributed by atoms with E-state index >= 15 is 0 Å². The molecule has 88 valence electrons. The molecule has 1 aromatic heterocycles. The van der Waals surface area contributed by atoms with Gasteiger partial charge in [-0.1, -0.05) is 11.6 Å². The maximum absolute atomic E-state index is 11.2. The van der Waals surface area contributed by atoms with E-state index in [2.05, 4.69) is 11.0 Å². The number of nitrogens with zero attached hydrogens (tertiary/aromatic N) is 1. The van der Waals surface area contributed by atoms with E-state index in [9.17, 15) is 4.79 Å². The fraction of sp³-hybridized carbons (Fsp3) is 0.583. The lowest BCUT2D eigenvalue weighted by Gasteiger charge is -2.30. The Morgan fingerprint density at radius 1 is 1.50 bits per heavy atom. The number of carbonyl (C=O) groups is 1. The molecule has 1 aliphatic rings. The predicted octanol–water partition coefficient (Wildman–Crippen LogP) is 3.20. The van der Waals surface area contributed by atoms with Crippen molar-refractivity contribution in [3.05, 3.63) is 21.3 Å². The first-order chi connectivity index (χ1) is 7.65. The summed E-state index contributed by atoms with van der Waals surface area (Å²) in [5.41, 5.74) is 0. The third kappa shape index (κ3) is 3.06. The fourth-order valence-corrected chi connectivity index (χ4v) is 3.28. The van der Waals surface area contributed by atoms with E-state index < -0.39 is 0 Å². The Morgan fingerprint density at radius 2 is 2.19 bits per heavy atom. The first kappa shape index (κ1) is 12.1. The quantitative estimate of drug-likeness (QED) is 0.829. The number of hydrogen-bond acceptors (Lipinski definition) is 3. The van der Waals surface area contributed by atoms with E-state index in [0.717, 1.165) is 36.8 Å². The molecule has 0 saturated carbocycles. The van der Waals surface area contributed by atoms with E-state index in [1.165, 1.54) is 4.88 Å². The van der Waals surface area contributed by atoms with E-state index in [1.807, 2.05) is 6.07 Å². The Labute approximate surface area is 105 Å². The molecular formula is C12H16ClNOS. The van der Waals surface area contributed by atoms with Gasteiger partial charge >= 0.3 is 0 Å². The van der Waals surface area contributed by atoms with Crippen LogP contribution in [-0.2, 0) is 11.3 Å². The average molecular weight is 258 g/mol. The maximum atomic E-state index is 11.2. The van der Waals surface area contributed by atoms with Crippen LogP contribution < -0.4 is 0 Å². The highest BCUT2D eigenvalue weighted by molar-refractivity contribution is 7.16. The van der Waals surface area contributed by atoms with Crippen LogP contribution in [0.3, 0.4) is 0 Å². The fourth-order valence-electron chi connectivity index (χ4n) is 2.15. The molecule has 2 rings (SSSR count). The number of thiophene rings is 1. The van der Waals surface area contributed by atoms with Crippen LogP contribution in [0.1, 0.15) is 24.6 Å². The van der Waals surface area contributed by atoms with Crippen LogP contribution in [0.5, 0.6) is 0 Å². The molecule has 1 fully saturated rings. The van der Waals surface area contributed by atoms with E-state index in [-0.39, 0.29) is 0 Å². The SMILES string of the molecule is CC(=O)C1CCN(Cc2ccc(Cl)s2)CC1. The van der Waals surface area contributed by atoms with Crippen molar-refractivity contribution < 1.29 is 4.79 Å². The van der Waals surface area contributed by atoms with E-state index in [0.29, 0.717) is 11.7 Å². The monoisotopic (exact) mass is 257 g/mol. The lowest BCUT2D eigenvalue weighted by molar-refractivity contribution is -0.122. The highest BCUT2D eigenvalue weighted by atomic mass is 35.5. The summed E-state index contributed by atoms with van der Waals surface area (Å²) in [6.07, 6.45) is 2.02. The zero-order valence-corrected chi connectivity index (χ0v) is 11.0. The summed E-state index contributed by atoms with van der Waals surface area (Å²) in [4.78, 5) is 14.9. The van der Waals surface area contributed by atoms with Crippen LogP contribution in [0, 0.1) is 5.92 Å². The summed E-state index contributed by atoms with van der Waals surface area (Å²) in [6, 6.07) is 4.04. The smallest absolute Gasteiger partial charge is 0.133 e. The Bertz CT molecular complexity index is 369. The molecule has 0 amide bonds. The van der Waals surface area contributed by atoms with Gasteiger partial charge in [0.25, 0.3) is 0 Å². The van der Waals surface area contributed by atoms with Crippen molar-refractivity contribution in [2.75, 3.05) is 13.1 Å². The van der Waals surface area contributed by atoms with Gasteiger partial charge in [-0.2, -0.15) is 0 Å². The second-order valence-corrected chi connectivity index (χ2v) is 6.17. The van der Waals surface area contributed by atoms with E-state index in [4.69, 9.17) is 11.6 Å². The van der Waals surface area contributed by atoms with Crippen molar-refractivity contribution in [2.24, 2.45) is 5.92 Å². The molecule has 1 aromatic rings. The summed E-state index contributed by atoms with van der Waals surface area (Å²) in [5.74, 6) is 0.641. The van der Waals surface area contributed by atoms with Gasteiger partial charge in [-0.05, 0) is 45.0 Å². The van der Waals surface area contributed by atoms with Gasteiger partial charge in [-0.3, -0.25) is 9.69 Å². The molecule has 0 aliphatic carbocycles. The number of piperidine rings is 1. The second kappa shape index (κ2) is 5.30. The van der Waals surface area contributed by atoms with Gasteiger partial charge in [0.2, 0.25) is 0 Å². The third-order valence-electron chi connectivity index (χ3n) is 3.17. The second-order valence-electron chi connectivity index (χ2n) is 4.37. The zero-order valence-electron chi connectivity index (χ0n) is 9.41. The molecule has 4 heteroatoms. The van der Waals surface area contributed by atoms with Gasteiger partial charge in [0.1, 0.15) is 5.78 Å². The molecule has 0 unspecified atom stereocenters. The zero-order chi connectivity index (χ0) is 11.5. The van der Waals surface area contributed by atoms with Crippen LogP contribution in [0.25, 0.3) is 0 Å². The van der Waals surface area contributed by atoms with Crippen LogP contribution in [0.15, 0.2) is 12.1 Å². The number of Topliss-reactive ketones (excluding diaryl/α,β-unsaturated/α-hetero) is 1. The molecule has 1 aliphatic heterocycles. The maximum Gasteiger partial charge on any atom is 0.133 e. The van der Waals surface area contributed by atoms with Gasteiger partial charge < -0.3 is 0 Å². The summed E-state index contributed by atoms with van der Waals surface area (Å²) in [7, 11) is 0. The number of carbonyl (C=O) groups excluding carboxylic acids is 1.